The fraction of sp³-hybridized carbons (Fsp3) is 0.310. The highest BCUT2D eigenvalue weighted by Gasteiger charge is 2.47. The van der Waals surface area contributed by atoms with Crippen LogP contribution in [0, 0.1) is 6.92 Å². The molecule has 2 heterocycles. The molecule has 0 bridgehead atoms. The maximum absolute atomic E-state index is 13.8. The fourth-order valence-electron chi connectivity index (χ4n) is 5.20. The molecule has 0 aromatic heterocycles. The molecule has 6 nitrogen and oxygen atoms in total. The van der Waals surface area contributed by atoms with Crippen molar-refractivity contribution < 1.29 is 32.3 Å². The Morgan fingerprint density at radius 1 is 0.975 bits per heavy atom. The molecule has 0 radical (unpaired) electrons. The van der Waals surface area contributed by atoms with E-state index in [0.717, 1.165) is 5.69 Å². The van der Waals surface area contributed by atoms with Crippen LogP contribution >= 0.6 is 23.2 Å². The molecule has 2 fully saturated rings. The number of halogens is 5. The Bertz CT molecular complexity index is 1420. The van der Waals surface area contributed by atoms with Crippen molar-refractivity contribution in [3.8, 4) is 11.1 Å². The van der Waals surface area contributed by atoms with E-state index in [4.69, 9.17) is 37.5 Å². The summed E-state index contributed by atoms with van der Waals surface area (Å²) >= 11 is 12.5. The van der Waals surface area contributed by atoms with Crippen LogP contribution in [0.15, 0.2) is 60.7 Å². The van der Waals surface area contributed by atoms with E-state index in [9.17, 15) is 18.0 Å². The summed E-state index contributed by atoms with van der Waals surface area (Å²) < 4.78 is 47.2. The third-order valence-electron chi connectivity index (χ3n) is 7.18. The van der Waals surface area contributed by atoms with Gasteiger partial charge in [0.05, 0.1) is 12.1 Å². The minimum atomic E-state index is -4.47. The van der Waals surface area contributed by atoms with Crippen molar-refractivity contribution in [1.29, 1.82) is 0 Å². The Labute approximate surface area is 239 Å². The van der Waals surface area contributed by atoms with Gasteiger partial charge in [-0.1, -0.05) is 53.5 Å². The minimum absolute atomic E-state index is 0.133. The van der Waals surface area contributed by atoms with Crippen LogP contribution in [0.3, 0.4) is 0 Å². The third-order valence-corrected chi connectivity index (χ3v) is 7.72. The molecule has 2 aliphatic rings. The van der Waals surface area contributed by atoms with Crippen molar-refractivity contribution >= 4 is 41.1 Å². The lowest BCUT2D eigenvalue weighted by Gasteiger charge is -2.37. The van der Waals surface area contributed by atoms with Crippen LogP contribution in [-0.2, 0) is 27.0 Å². The summed E-state index contributed by atoms with van der Waals surface area (Å²) in [5, 5.41) is 0.834. The molecule has 2 aliphatic heterocycles. The molecule has 11 heteroatoms. The predicted octanol–water partition coefficient (Wildman–Crippen LogP) is 7.40. The quantitative estimate of drug-likeness (QED) is 0.316. The Kier molecular flexibility index (Phi) is 8.90. The summed E-state index contributed by atoms with van der Waals surface area (Å²) in [5.41, 5.74) is 1.48. The van der Waals surface area contributed by atoms with E-state index in [1.54, 1.807) is 29.2 Å². The lowest BCUT2D eigenvalue weighted by atomic mass is 9.89. The molecule has 0 saturated carbocycles. The molecule has 2 saturated heterocycles. The second kappa shape index (κ2) is 12.0. The minimum Gasteiger partial charge on any atom is -0.441 e. The Morgan fingerprint density at radius 2 is 1.62 bits per heavy atom. The number of benzene rings is 3. The smallest absolute Gasteiger partial charge is 0.416 e. The van der Waals surface area contributed by atoms with Crippen LogP contribution in [0.1, 0.15) is 29.5 Å². The maximum Gasteiger partial charge on any atom is 0.416 e. The van der Waals surface area contributed by atoms with Gasteiger partial charge >= 0.3 is 18.4 Å². The standard InChI is InChI=1S/C28H25Cl2F3N2O2.CO2/c1-18-13-23(22-8-7-20(29)15-25(22)30)19(14-24(18)28(31,32)33)16-34-11-9-27(10-12-34)17-35(26(36)37-27)21-5-3-2-4-6-21;2-1-3/h2-8,13-15H,9-12,16-17H2,1H3;. The highest BCUT2D eigenvalue weighted by atomic mass is 35.5. The van der Waals surface area contributed by atoms with Crippen molar-refractivity contribution in [3.05, 3.63) is 87.4 Å². The van der Waals surface area contributed by atoms with Crippen LogP contribution in [0.2, 0.25) is 10.0 Å². The van der Waals surface area contributed by atoms with Gasteiger partial charge in [-0.3, -0.25) is 9.80 Å². The molecule has 0 atom stereocenters. The number of carbonyl (C=O) groups excluding carboxylic acids is 3. The summed E-state index contributed by atoms with van der Waals surface area (Å²) in [6.45, 7) is 3.39. The average molecular weight is 593 g/mol. The van der Waals surface area contributed by atoms with Gasteiger partial charge in [0.15, 0.2) is 0 Å². The molecule has 0 unspecified atom stereocenters. The zero-order chi connectivity index (χ0) is 29.1. The lowest BCUT2D eigenvalue weighted by Crippen LogP contribution is -2.46. The number of aryl methyl sites for hydroxylation is 1. The van der Waals surface area contributed by atoms with Crippen LogP contribution in [0.4, 0.5) is 23.7 Å². The van der Waals surface area contributed by atoms with Gasteiger partial charge in [0, 0.05) is 53.8 Å². The number of amides is 1. The molecular weight excluding hydrogens is 568 g/mol. The summed E-state index contributed by atoms with van der Waals surface area (Å²) in [5.74, 6) is 0. The topological polar surface area (TPSA) is 66.9 Å². The summed E-state index contributed by atoms with van der Waals surface area (Å²) in [6, 6.07) is 17.2. The zero-order valence-electron chi connectivity index (χ0n) is 21.4. The highest BCUT2D eigenvalue weighted by Crippen LogP contribution is 2.41. The first-order valence-electron chi connectivity index (χ1n) is 12.4. The number of piperidine rings is 1. The van der Waals surface area contributed by atoms with Gasteiger partial charge in [-0.25, -0.2) is 4.79 Å². The van der Waals surface area contributed by atoms with Crippen molar-refractivity contribution in [3.63, 3.8) is 0 Å². The number of para-hydroxylation sites is 1. The van der Waals surface area contributed by atoms with Gasteiger partial charge < -0.3 is 4.74 Å². The highest BCUT2D eigenvalue weighted by molar-refractivity contribution is 6.36. The number of nitrogens with zero attached hydrogens (tertiary/aromatic N) is 2. The summed E-state index contributed by atoms with van der Waals surface area (Å²) in [6.07, 6.45) is -3.40. The maximum atomic E-state index is 13.8. The molecule has 5 rings (SSSR count). The first-order valence-corrected chi connectivity index (χ1v) is 13.2. The molecule has 40 heavy (non-hydrogen) atoms. The lowest BCUT2D eigenvalue weighted by molar-refractivity contribution is -0.191. The van der Waals surface area contributed by atoms with Crippen molar-refractivity contribution in [1.82, 2.24) is 4.90 Å². The van der Waals surface area contributed by atoms with Gasteiger partial charge in [0.2, 0.25) is 0 Å². The number of rotatable bonds is 4. The first kappa shape index (κ1) is 29.6. The average Bonchev–Trinajstić information content (AvgIpc) is 3.22. The van der Waals surface area contributed by atoms with Gasteiger partial charge in [-0.05, 0) is 53.9 Å². The number of alkyl halides is 3. The van der Waals surface area contributed by atoms with Gasteiger partial charge in [0.1, 0.15) is 5.60 Å². The van der Waals surface area contributed by atoms with Gasteiger partial charge in [-0.2, -0.15) is 22.8 Å². The van der Waals surface area contributed by atoms with Gasteiger partial charge in [0.25, 0.3) is 0 Å². The normalized spacial score (nSPS) is 16.8. The van der Waals surface area contributed by atoms with Gasteiger partial charge in [-0.15, -0.1) is 0 Å². The Balaban J connectivity index is 0.00000118. The Morgan fingerprint density at radius 3 is 2.23 bits per heavy atom. The van der Waals surface area contributed by atoms with Crippen molar-refractivity contribution in [2.75, 3.05) is 24.5 Å². The molecule has 1 amide bonds. The number of hydrogen-bond acceptors (Lipinski definition) is 5. The number of hydrogen-bond donors (Lipinski definition) is 0. The predicted molar refractivity (Wildman–Crippen MR) is 144 cm³/mol. The monoisotopic (exact) mass is 592 g/mol. The number of likely N-dealkylation sites (tertiary alicyclic amines) is 1. The molecule has 0 aliphatic carbocycles. The second-order valence-electron chi connectivity index (χ2n) is 9.78. The zero-order valence-corrected chi connectivity index (χ0v) is 22.9. The van der Waals surface area contributed by atoms with Crippen LogP contribution in [0.25, 0.3) is 11.1 Å². The van der Waals surface area contributed by atoms with E-state index in [-0.39, 0.29) is 17.8 Å². The van der Waals surface area contributed by atoms with Crippen LogP contribution < -0.4 is 4.90 Å². The van der Waals surface area contributed by atoms with E-state index in [1.807, 2.05) is 30.3 Å². The molecule has 3 aromatic carbocycles. The largest absolute Gasteiger partial charge is 0.441 e. The number of carbonyl (C=O) groups is 1. The van der Waals surface area contributed by atoms with Crippen LogP contribution in [0.5, 0.6) is 0 Å². The third kappa shape index (κ3) is 6.50. The SMILES string of the molecule is Cc1cc(-c2ccc(Cl)cc2Cl)c(CN2CCC3(CC2)CN(c2ccccc2)C(=O)O3)cc1C(F)(F)F.O=C=O. The van der Waals surface area contributed by atoms with Crippen LogP contribution in [-0.4, -0.2) is 42.4 Å². The molecule has 0 N–H and O–H groups in total. The van der Waals surface area contributed by atoms with Crippen molar-refractivity contribution in [2.24, 2.45) is 0 Å². The summed E-state index contributed by atoms with van der Waals surface area (Å²) in [4.78, 5) is 32.6. The molecule has 210 valence electrons. The van der Waals surface area contributed by atoms with E-state index in [1.165, 1.54) is 13.0 Å². The van der Waals surface area contributed by atoms with Crippen molar-refractivity contribution in [2.45, 2.75) is 38.1 Å². The Hall–Kier alpha value is -3.36. The molecular formula is C29H25Cl2F3N2O4. The van der Waals surface area contributed by atoms with E-state index in [0.29, 0.717) is 65.8 Å². The van der Waals surface area contributed by atoms with E-state index >= 15 is 0 Å². The number of anilines is 1. The molecule has 1 spiro atoms. The first-order chi connectivity index (χ1) is 19.0. The fourth-order valence-corrected chi connectivity index (χ4v) is 5.71. The van der Waals surface area contributed by atoms with E-state index in [2.05, 4.69) is 4.90 Å². The molecule has 3 aromatic rings. The second-order valence-corrected chi connectivity index (χ2v) is 10.6. The number of ether oxygens (including phenoxy) is 1. The van der Waals surface area contributed by atoms with E-state index < -0.39 is 17.3 Å². The summed E-state index contributed by atoms with van der Waals surface area (Å²) in [7, 11) is 0.